The quantitative estimate of drug-likeness (QED) is 0.797. The molecule has 3 aromatic rings. The fourth-order valence-corrected chi connectivity index (χ4v) is 2.20. The van der Waals surface area contributed by atoms with E-state index in [0.29, 0.717) is 22.9 Å². The van der Waals surface area contributed by atoms with Gasteiger partial charge in [-0.15, -0.1) is 10.2 Å². The summed E-state index contributed by atoms with van der Waals surface area (Å²) in [5.74, 6) is 1.44. The Morgan fingerprint density at radius 1 is 1.09 bits per heavy atom. The molecule has 2 heterocycles. The van der Waals surface area contributed by atoms with Crippen molar-refractivity contribution in [2.24, 2.45) is 0 Å². The number of carbonyl (C=O) groups is 1. The molecule has 2 aromatic heterocycles. The van der Waals surface area contributed by atoms with E-state index in [1.807, 2.05) is 36.4 Å². The largest absolute Gasteiger partial charge is 0.466 e. The number of aryl methyl sites for hydroxylation is 2. The molecule has 112 valence electrons. The van der Waals surface area contributed by atoms with Crippen molar-refractivity contribution in [3.8, 4) is 11.3 Å². The van der Waals surface area contributed by atoms with Gasteiger partial charge in [-0.3, -0.25) is 4.79 Å². The monoisotopic (exact) mass is 295 g/mol. The molecule has 5 nitrogen and oxygen atoms in total. The third-order valence-corrected chi connectivity index (χ3v) is 3.26. The van der Waals surface area contributed by atoms with Crippen LogP contribution in [-0.4, -0.2) is 16.1 Å². The molecule has 1 aromatic carbocycles. The van der Waals surface area contributed by atoms with Crippen LogP contribution >= 0.6 is 0 Å². The van der Waals surface area contributed by atoms with Crippen LogP contribution in [0.1, 0.15) is 23.3 Å². The second-order valence-electron chi connectivity index (χ2n) is 4.95. The number of amides is 1. The number of nitrogens with zero attached hydrogens (tertiary/aromatic N) is 2. The van der Waals surface area contributed by atoms with Crippen molar-refractivity contribution in [1.29, 1.82) is 0 Å². The Morgan fingerprint density at radius 3 is 2.45 bits per heavy atom. The van der Waals surface area contributed by atoms with E-state index in [2.05, 4.69) is 15.5 Å². The minimum Gasteiger partial charge on any atom is -0.466 e. The summed E-state index contributed by atoms with van der Waals surface area (Å²) in [6.07, 6.45) is 0. The van der Waals surface area contributed by atoms with Gasteiger partial charge in [-0.2, -0.15) is 0 Å². The maximum atomic E-state index is 12.2. The van der Waals surface area contributed by atoms with E-state index in [1.165, 1.54) is 0 Å². The summed E-state index contributed by atoms with van der Waals surface area (Å²) in [5, 5.41) is 10.9. The lowest BCUT2D eigenvalue weighted by Gasteiger charge is -2.04. The molecule has 0 aliphatic heterocycles. The van der Waals surface area contributed by atoms with E-state index in [0.717, 1.165) is 11.3 Å². The number of hydrogen-bond donors (Lipinski definition) is 1. The molecular formula is C17H17N3O2. The van der Waals surface area contributed by atoms with E-state index in [4.69, 9.17) is 4.42 Å². The average Bonchev–Trinajstić information content (AvgIpc) is 2.88. The van der Waals surface area contributed by atoms with Crippen LogP contribution in [-0.2, 0) is 0 Å². The maximum absolute atomic E-state index is 12.2. The Kier molecular flexibility index (Phi) is 3.70. The Balaban J connectivity index is 0.00000192. The zero-order valence-corrected chi connectivity index (χ0v) is 12.3. The standard InChI is InChI=1S/C17H15N3O2.H2/c1-11-10-14(12(2)22-11)17(21)18-16-9-8-15(19-20-16)13-6-4-3-5-7-13;/h3-10H,1-2H3,(H,18,20,21);1H. The van der Waals surface area contributed by atoms with Gasteiger partial charge in [0.05, 0.1) is 11.3 Å². The SMILES string of the molecule is Cc1cc(C(=O)Nc2ccc(-c3ccccc3)nn2)c(C)o1.[HH]. The van der Waals surface area contributed by atoms with Gasteiger partial charge in [0.15, 0.2) is 5.82 Å². The molecule has 0 unspecified atom stereocenters. The van der Waals surface area contributed by atoms with Crippen LogP contribution in [0.3, 0.4) is 0 Å². The number of nitrogens with one attached hydrogen (secondary N) is 1. The lowest BCUT2D eigenvalue weighted by molar-refractivity contribution is 0.102. The summed E-state index contributed by atoms with van der Waals surface area (Å²) in [6, 6.07) is 15.0. The maximum Gasteiger partial charge on any atom is 0.260 e. The minimum absolute atomic E-state index is 0. The van der Waals surface area contributed by atoms with Crippen LogP contribution in [0.5, 0.6) is 0 Å². The molecule has 0 saturated heterocycles. The van der Waals surface area contributed by atoms with Crippen LogP contribution in [0.25, 0.3) is 11.3 Å². The zero-order valence-electron chi connectivity index (χ0n) is 12.3. The summed E-state index contributed by atoms with van der Waals surface area (Å²) in [4.78, 5) is 12.2. The summed E-state index contributed by atoms with van der Waals surface area (Å²) in [5.41, 5.74) is 2.24. The van der Waals surface area contributed by atoms with Crippen molar-refractivity contribution in [3.05, 3.63) is 65.6 Å². The fraction of sp³-hybridized carbons (Fsp3) is 0.118. The van der Waals surface area contributed by atoms with Crippen molar-refractivity contribution >= 4 is 11.7 Å². The molecule has 0 radical (unpaired) electrons. The summed E-state index contributed by atoms with van der Waals surface area (Å²) < 4.78 is 5.35. The van der Waals surface area contributed by atoms with Gasteiger partial charge in [-0.1, -0.05) is 30.3 Å². The zero-order chi connectivity index (χ0) is 15.5. The van der Waals surface area contributed by atoms with Gasteiger partial charge in [0, 0.05) is 6.99 Å². The molecule has 0 saturated carbocycles. The van der Waals surface area contributed by atoms with Crippen molar-refractivity contribution in [3.63, 3.8) is 0 Å². The first kappa shape index (κ1) is 14.0. The molecular weight excluding hydrogens is 278 g/mol. The molecule has 5 heteroatoms. The number of hydrogen-bond acceptors (Lipinski definition) is 4. The van der Waals surface area contributed by atoms with Gasteiger partial charge >= 0.3 is 0 Å². The van der Waals surface area contributed by atoms with E-state index in [1.54, 1.807) is 26.0 Å². The number of aromatic nitrogens is 2. The summed E-state index contributed by atoms with van der Waals surface area (Å²) in [6.45, 7) is 3.56. The lowest BCUT2D eigenvalue weighted by atomic mass is 10.1. The van der Waals surface area contributed by atoms with Crippen LogP contribution in [0.15, 0.2) is 52.9 Å². The van der Waals surface area contributed by atoms with Gasteiger partial charge in [-0.05, 0) is 32.0 Å². The molecule has 0 spiro atoms. The van der Waals surface area contributed by atoms with Gasteiger partial charge in [0.1, 0.15) is 11.5 Å². The normalized spacial score (nSPS) is 10.5. The second-order valence-corrected chi connectivity index (χ2v) is 4.95. The second kappa shape index (κ2) is 5.81. The van der Waals surface area contributed by atoms with E-state index < -0.39 is 0 Å². The van der Waals surface area contributed by atoms with Crippen molar-refractivity contribution in [2.75, 3.05) is 5.32 Å². The van der Waals surface area contributed by atoms with Gasteiger partial charge in [0.2, 0.25) is 0 Å². The van der Waals surface area contributed by atoms with Crippen LogP contribution < -0.4 is 5.32 Å². The van der Waals surface area contributed by atoms with Crippen molar-refractivity contribution < 1.29 is 10.6 Å². The molecule has 3 rings (SSSR count). The van der Waals surface area contributed by atoms with Gasteiger partial charge < -0.3 is 9.73 Å². The molecule has 0 aliphatic rings. The third kappa shape index (κ3) is 2.88. The van der Waals surface area contributed by atoms with E-state index >= 15 is 0 Å². The molecule has 22 heavy (non-hydrogen) atoms. The smallest absolute Gasteiger partial charge is 0.260 e. The summed E-state index contributed by atoms with van der Waals surface area (Å²) >= 11 is 0. The van der Waals surface area contributed by atoms with Crippen molar-refractivity contribution in [2.45, 2.75) is 13.8 Å². The average molecular weight is 295 g/mol. The number of rotatable bonds is 3. The first-order valence-electron chi connectivity index (χ1n) is 6.91. The Morgan fingerprint density at radius 2 is 1.86 bits per heavy atom. The van der Waals surface area contributed by atoms with Crippen molar-refractivity contribution in [1.82, 2.24) is 10.2 Å². The molecule has 1 N–H and O–H groups in total. The third-order valence-electron chi connectivity index (χ3n) is 3.26. The molecule has 0 atom stereocenters. The highest BCUT2D eigenvalue weighted by molar-refractivity contribution is 6.04. The van der Waals surface area contributed by atoms with Crippen LogP contribution in [0.4, 0.5) is 5.82 Å². The molecule has 0 aliphatic carbocycles. The number of benzene rings is 1. The van der Waals surface area contributed by atoms with E-state index in [9.17, 15) is 4.79 Å². The number of anilines is 1. The minimum atomic E-state index is -0.254. The van der Waals surface area contributed by atoms with E-state index in [-0.39, 0.29) is 7.33 Å². The highest BCUT2D eigenvalue weighted by Crippen LogP contribution is 2.18. The number of furan rings is 1. The summed E-state index contributed by atoms with van der Waals surface area (Å²) in [7, 11) is 0. The van der Waals surface area contributed by atoms with Crippen LogP contribution in [0, 0.1) is 13.8 Å². The first-order valence-corrected chi connectivity index (χ1v) is 6.91. The lowest BCUT2D eigenvalue weighted by Crippen LogP contribution is -2.13. The fourth-order valence-electron chi connectivity index (χ4n) is 2.20. The molecule has 1 amide bonds. The first-order chi connectivity index (χ1) is 10.6. The predicted octanol–water partition coefficient (Wildman–Crippen LogP) is 3.85. The van der Waals surface area contributed by atoms with Gasteiger partial charge in [-0.25, -0.2) is 0 Å². The molecule has 0 bridgehead atoms. The Bertz CT molecular complexity index is 798. The topological polar surface area (TPSA) is 68.0 Å². The number of carbonyl (C=O) groups excluding carboxylic acids is 1. The Hall–Kier alpha value is -2.95. The predicted molar refractivity (Wildman–Crippen MR) is 85.7 cm³/mol. The highest BCUT2D eigenvalue weighted by Gasteiger charge is 2.14. The van der Waals surface area contributed by atoms with Crippen LogP contribution in [0.2, 0.25) is 0 Å². The molecule has 0 fully saturated rings. The van der Waals surface area contributed by atoms with Gasteiger partial charge in [0.25, 0.3) is 5.91 Å². The highest BCUT2D eigenvalue weighted by atomic mass is 16.3. The Labute approximate surface area is 129 Å².